The Bertz CT molecular complexity index is 552. The van der Waals surface area contributed by atoms with E-state index in [9.17, 15) is 0 Å². The van der Waals surface area contributed by atoms with E-state index in [1.54, 1.807) is 0 Å². The van der Waals surface area contributed by atoms with Gasteiger partial charge >= 0.3 is 0 Å². The molecule has 0 bridgehead atoms. The first-order valence-electron chi connectivity index (χ1n) is 6.42. The van der Waals surface area contributed by atoms with Crippen molar-refractivity contribution in [3.05, 3.63) is 54.1 Å². The van der Waals surface area contributed by atoms with Crippen molar-refractivity contribution in [3.8, 4) is 0 Å². The largest absolute Gasteiger partial charge is 0.363 e. The van der Waals surface area contributed by atoms with Gasteiger partial charge in [0.05, 0.1) is 17.8 Å². The highest BCUT2D eigenvalue weighted by Crippen LogP contribution is 2.37. The van der Waals surface area contributed by atoms with E-state index in [0.717, 1.165) is 23.0 Å². The molecule has 3 rings (SSSR count). The number of nitrogens with one attached hydrogen (secondary N) is 2. The number of likely N-dealkylation sites (N-methyl/N-ethyl adjacent to an activating group) is 1. The Morgan fingerprint density at radius 3 is 2.84 bits per heavy atom. The zero-order valence-electron chi connectivity index (χ0n) is 10.7. The summed E-state index contributed by atoms with van der Waals surface area (Å²) in [7, 11) is 0. The minimum atomic E-state index is 0.0901. The van der Waals surface area contributed by atoms with Crippen LogP contribution in [0.3, 0.4) is 0 Å². The molecular formula is C14H16N4S. The lowest BCUT2D eigenvalue weighted by Gasteiger charge is -2.25. The van der Waals surface area contributed by atoms with Crippen LogP contribution in [0.2, 0.25) is 0 Å². The van der Waals surface area contributed by atoms with Crippen molar-refractivity contribution in [2.45, 2.75) is 19.0 Å². The van der Waals surface area contributed by atoms with Crippen LogP contribution < -0.4 is 5.32 Å². The van der Waals surface area contributed by atoms with Crippen LogP contribution in [0.1, 0.15) is 30.4 Å². The molecule has 2 atom stereocenters. The van der Waals surface area contributed by atoms with Crippen LogP contribution in [0.15, 0.2) is 42.7 Å². The van der Waals surface area contributed by atoms with Crippen molar-refractivity contribution in [2.24, 2.45) is 0 Å². The summed E-state index contributed by atoms with van der Waals surface area (Å²) in [6.45, 7) is 2.99. The van der Waals surface area contributed by atoms with Crippen molar-refractivity contribution in [2.75, 3.05) is 6.54 Å². The van der Waals surface area contributed by atoms with Crippen molar-refractivity contribution in [1.82, 2.24) is 20.2 Å². The Morgan fingerprint density at radius 1 is 1.32 bits per heavy atom. The molecule has 0 saturated carbocycles. The molecule has 19 heavy (non-hydrogen) atoms. The van der Waals surface area contributed by atoms with E-state index in [-0.39, 0.29) is 12.1 Å². The monoisotopic (exact) mass is 272 g/mol. The lowest BCUT2D eigenvalue weighted by atomic mass is 10.0. The van der Waals surface area contributed by atoms with Gasteiger partial charge in [0.2, 0.25) is 0 Å². The number of rotatable bonds is 3. The molecule has 0 aromatic carbocycles. The fraction of sp³-hybridized carbons (Fsp3) is 0.286. The van der Waals surface area contributed by atoms with E-state index in [0.29, 0.717) is 0 Å². The van der Waals surface area contributed by atoms with Gasteiger partial charge in [-0.05, 0) is 43.4 Å². The number of H-pyrrole nitrogens is 1. The first-order chi connectivity index (χ1) is 9.31. The maximum atomic E-state index is 5.44. The molecule has 2 N–H and O–H groups in total. The summed E-state index contributed by atoms with van der Waals surface area (Å²) in [6, 6.07) is 10.3. The fourth-order valence-corrected chi connectivity index (χ4v) is 2.98. The van der Waals surface area contributed by atoms with Gasteiger partial charge in [-0.3, -0.25) is 4.98 Å². The average Bonchev–Trinajstić information content (AvgIpc) is 3.06. The number of pyridine rings is 1. The van der Waals surface area contributed by atoms with Gasteiger partial charge in [0.15, 0.2) is 5.11 Å². The number of aromatic amines is 1. The summed E-state index contributed by atoms with van der Waals surface area (Å²) in [5, 5.41) is 4.17. The fourth-order valence-electron chi connectivity index (χ4n) is 2.61. The van der Waals surface area contributed by atoms with Gasteiger partial charge in [0, 0.05) is 24.6 Å². The second kappa shape index (κ2) is 5.01. The third-order valence-corrected chi connectivity index (χ3v) is 3.83. The highest BCUT2D eigenvalue weighted by molar-refractivity contribution is 7.80. The van der Waals surface area contributed by atoms with E-state index in [4.69, 9.17) is 12.2 Å². The summed E-state index contributed by atoms with van der Waals surface area (Å²) in [4.78, 5) is 9.95. The van der Waals surface area contributed by atoms with Crippen LogP contribution in [0, 0.1) is 0 Å². The van der Waals surface area contributed by atoms with Crippen molar-refractivity contribution in [3.63, 3.8) is 0 Å². The number of thiocarbonyl (C=S) groups is 1. The zero-order valence-corrected chi connectivity index (χ0v) is 11.5. The second-order valence-electron chi connectivity index (χ2n) is 4.54. The molecular weight excluding hydrogens is 256 g/mol. The van der Waals surface area contributed by atoms with E-state index >= 15 is 0 Å². The van der Waals surface area contributed by atoms with Gasteiger partial charge in [-0.15, -0.1) is 0 Å². The third kappa shape index (κ3) is 2.10. The SMILES string of the molecule is CCN1C(=S)NC(c2ccccn2)C1c1ccc[nH]1. The lowest BCUT2D eigenvalue weighted by molar-refractivity contribution is 0.325. The molecule has 0 spiro atoms. The number of hydrogen-bond acceptors (Lipinski definition) is 2. The van der Waals surface area contributed by atoms with Crippen molar-refractivity contribution < 1.29 is 0 Å². The molecule has 1 saturated heterocycles. The quantitative estimate of drug-likeness (QED) is 0.842. The normalized spacial score (nSPS) is 22.6. The molecule has 0 aliphatic carbocycles. The van der Waals surface area contributed by atoms with Gasteiger partial charge in [0.25, 0.3) is 0 Å². The van der Waals surface area contributed by atoms with Crippen LogP contribution in [0.25, 0.3) is 0 Å². The molecule has 5 heteroatoms. The molecule has 0 radical (unpaired) electrons. The van der Waals surface area contributed by atoms with Crippen LogP contribution in [-0.4, -0.2) is 26.5 Å². The molecule has 2 unspecified atom stereocenters. The molecule has 1 aliphatic rings. The predicted octanol–water partition coefficient (Wildman–Crippen LogP) is 2.40. The highest BCUT2D eigenvalue weighted by atomic mass is 32.1. The minimum Gasteiger partial charge on any atom is -0.363 e. The van der Waals surface area contributed by atoms with Gasteiger partial charge < -0.3 is 15.2 Å². The van der Waals surface area contributed by atoms with Gasteiger partial charge in [-0.25, -0.2) is 0 Å². The predicted molar refractivity (Wildman–Crippen MR) is 78.6 cm³/mol. The topological polar surface area (TPSA) is 44.0 Å². The van der Waals surface area contributed by atoms with Gasteiger partial charge in [0.1, 0.15) is 0 Å². The summed E-state index contributed by atoms with van der Waals surface area (Å²) < 4.78 is 0. The second-order valence-corrected chi connectivity index (χ2v) is 4.92. The molecule has 98 valence electrons. The highest BCUT2D eigenvalue weighted by Gasteiger charge is 2.39. The molecule has 4 nitrogen and oxygen atoms in total. The number of aromatic nitrogens is 2. The summed E-state index contributed by atoms with van der Waals surface area (Å²) in [5.41, 5.74) is 2.17. The minimum absolute atomic E-state index is 0.0901. The lowest BCUT2D eigenvalue weighted by Crippen LogP contribution is -2.29. The smallest absolute Gasteiger partial charge is 0.170 e. The standard InChI is InChI=1S/C14H16N4S/c1-2-18-13(11-7-5-9-16-11)12(17-14(18)19)10-6-3-4-8-15-10/h3-9,12-13,16H,2H2,1H3,(H,17,19). The Hall–Kier alpha value is -1.88. The summed E-state index contributed by atoms with van der Waals surface area (Å²) >= 11 is 5.44. The number of nitrogens with zero attached hydrogens (tertiary/aromatic N) is 2. The Balaban J connectivity index is 2.01. The molecule has 2 aromatic rings. The first kappa shape index (κ1) is 12.2. The Kier molecular flexibility index (Phi) is 3.21. The van der Waals surface area contributed by atoms with Crippen LogP contribution in [0.4, 0.5) is 0 Å². The average molecular weight is 272 g/mol. The third-order valence-electron chi connectivity index (χ3n) is 3.48. The Morgan fingerprint density at radius 2 is 2.21 bits per heavy atom. The summed E-state index contributed by atoms with van der Waals surface area (Å²) in [6.07, 6.45) is 3.76. The van der Waals surface area contributed by atoms with Crippen LogP contribution in [0.5, 0.6) is 0 Å². The van der Waals surface area contributed by atoms with E-state index in [1.807, 2.05) is 36.7 Å². The van der Waals surface area contributed by atoms with Gasteiger partial charge in [-0.1, -0.05) is 6.07 Å². The number of hydrogen-bond donors (Lipinski definition) is 2. The van der Waals surface area contributed by atoms with E-state index in [1.165, 1.54) is 0 Å². The maximum absolute atomic E-state index is 5.44. The molecule has 3 heterocycles. The maximum Gasteiger partial charge on any atom is 0.170 e. The van der Waals surface area contributed by atoms with Crippen molar-refractivity contribution in [1.29, 1.82) is 0 Å². The van der Waals surface area contributed by atoms with Crippen LogP contribution in [-0.2, 0) is 0 Å². The molecule has 1 fully saturated rings. The molecule has 2 aromatic heterocycles. The summed E-state index contributed by atoms with van der Waals surface area (Å²) in [5.74, 6) is 0. The molecule has 1 aliphatic heterocycles. The van der Waals surface area contributed by atoms with Crippen molar-refractivity contribution >= 4 is 17.3 Å². The zero-order chi connectivity index (χ0) is 13.2. The van der Waals surface area contributed by atoms with Crippen LogP contribution >= 0.6 is 12.2 Å². The van der Waals surface area contributed by atoms with E-state index < -0.39 is 0 Å². The molecule has 0 amide bonds. The van der Waals surface area contributed by atoms with Gasteiger partial charge in [-0.2, -0.15) is 0 Å². The van der Waals surface area contributed by atoms with E-state index in [2.05, 4.69) is 33.2 Å². The first-order valence-corrected chi connectivity index (χ1v) is 6.83. The Labute approximate surface area is 117 Å².